The van der Waals surface area contributed by atoms with Crippen LogP contribution in [0.25, 0.3) is 0 Å². The average Bonchev–Trinajstić information content (AvgIpc) is 2.52. The molecule has 0 spiro atoms. The number of amides is 1. The van der Waals surface area contributed by atoms with E-state index in [9.17, 15) is 26.4 Å². The minimum atomic E-state index is -4.47. The van der Waals surface area contributed by atoms with Gasteiger partial charge in [0.05, 0.1) is 11.3 Å². The Morgan fingerprint density at radius 2 is 1.76 bits per heavy atom. The summed E-state index contributed by atoms with van der Waals surface area (Å²) in [7, 11) is -4.18. The Morgan fingerprint density at radius 1 is 1.17 bits per heavy atom. The van der Waals surface area contributed by atoms with Crippen molar-refractivity contribution in [3.05, 3.63) is 35.4 Å². The Balaban J connectivity index is 2.24. The molecular weight excluding hydrogens is 411 g/mol. The van der Waals surface area contributed by atoms with E-state index in [1.54, 1.807) is 20.8 Å². The van der Waals surface area contributed by atoms with E-state index in [4.69, 9.17) is 9.29 Å². The van der Waals surface area contributed by atoms with E-state index in [1.807, 2.05) is 0 Å². The summed E-state index contributed by atoms with van der Waals surface area (Å²) < 4.78 is 75.5. The second-order valence-electron chi connectivity index (χ2n) is 8.41. The third kappa shape index (κ3) is 7.50. The van der Waals surface area contributed by atoms with E-state index in [0.29, 0.717) is 24.8 Å². The van der Waals surface area contributed by atoms with Crippen molar-refractivity contribution in [1.29, 1.82) is 0 Å². The van der Waals surface area contributed by atoms with Crippen LogP contribution in [0.1, 0.15) is 57.1 Å². The summed E-state index contributed by atoms with van der Waals surface area (Å²) in [6.45, 7) is 5.13. The molecule has 6 nitrogen and oxygen atoms in total. The first-order chi connectivity index (χ1) is 13.1. The SMILES string of the molecule is CC(C)(C)OC(=O)NC1CCC(CS(=O)(=O)O)CC1c1ccc(C(F)(F)F)cc1. The van der Waals surface area contributed by atoms with Crippen molar-refractivity contribution >= 4 is 16.2 Å². The third-order valence-electron chi connectivity index (χ3n) is 4.77. The highest BCUT2D eigenvalue weighted by Gasteiger charge is 2.36. The van der Waals surface area contributed by atoms with Gasteiger partial charge in [-0.15, -0.1) is 0 Å². The topological polar surface area (TPSA) is 92.7 Å². The Labute approximate surface area is 168 Å². The van der Waals surface area contributed by atoms with Gasteiger partial charge in [0.15, 0.2) is 0 Å². The molecule has 10 heteroatoms. The first kappa shape index (κ1) is 23.5. The summed E-state index contributed by atoms with van der Waals surface area (Å²) in [5.74, 6) is -1.21. The number of nitrogens with one attached hydrogen (secondary N) is 1. The van der Waals surface area contributed by atoms with Crippen LogP contribution in [0.2, 0.25) is 0 Å². The van der Waals surface area contributed by atoms with Crippen molar-refractivity contribution < 1.29 is 35.7 Å². The molecular formula is C19H26F3NO5S. The fraction of sp³-hybridized carbons (Fsp3) is 0.632. The molecule has 164 valence electrons. The second kappa shape index (κ2) is 8.51. The van der Waals surface area contributed by atoms with Crippen molar-refractivity contribution in [1.82, 2.24) is 5.32 Å². The van der Waals surface area contributed by atoms with Gasteiger partial charge >= 0.3 is 12.3 Å². The summed E-state index contributed by atoms with van der Waals surface area (Å²) >= 11 is 0. The lowest BCUT2D eigenvalue weighted by Crippen LogP contribution is -2.45. The summed E-state index contributed by atoms with van der Waals surface area (Å²) in [5, 5.41) is 2.76. The molecule has 1 aliphatic rings. The molecule has 1 saturated carbocycles. The molecule has 1 amide bonds. The molecule has 0 heterocycles. The zero-order valence-corrected chi connectivity index (χ0v) is 17.3. The number of hydrogen-bond acceptors (Lipinski definition) is 4. The van der Waals surface area contributed by atoms with Gasteiger partial charge in [0.25, 0.3) is 10.1 Å². The highest BCUT2D eigenvalue weighted by atomic mass is 32.2. The second-order valence-corrected chi connectivity index (χ2v) is 9.90. The van der Waals surface area contributed by atoms with Crippen molar-refractivity contribution in [2.75, 3.05) is 5.75 Å². The Bertz CT molecular complexity index is 816. The number of rotatable bonds is 4. The van der Waals surface area contributed by atoms with Gasteiger partial charge in [-0.05, 0) is 63.6 Å². The third-order valence-corrected chi connectivity index (χ3v) is 5.67. The van der Waals surface area contributed by atoms with Crippen LogP contribution in [-0.2, 0) is 21.0 Å². The quantitative estimate of drug-likeness (QED) is 0.683. The van der Waals surface area contributed by atoms with Crippen molar-refractivity contribution in [2.24, 2.45) is 5.92 Å². The largest absolute Gasteiger partial charge is 0.444 e. The van der Waals surface area contributed by atoms with Crippen molar-refractivity contribution in [3.63, 3.8) is 0 Å². The van der Waals surface area contributed by atoms with Gasteiger partial charge < -0.3 is 10.1 Å². The fourth-order valence-electron chi connectivity index (χ4n) is 3.63. The molecule has 0 aromatic heterocycles. The van der Waals surface area contributed by atoms with E-state index in [-0.39, 0.29) is 5.92 Å². The Hall–Kier alpha value is -1.81. The first-order valence-corrected chi connectivity index (χ1v) is 10.9. The summed E-state index contributed by atoms with van der Waals surface area (Å²) in [4.78, 5) is 12.2. The van der Waals surface area contributed by atoms with Gasteiger partial charge in [-0.2, -0.15) is 21.6 Å². The summed E-state index contributed by atoms with van der Waals surface area (Å²) in [5.41, 5.74) is -0.946. The maximum absolute atomic E-state index is 12.8. The Kier molecular flexibility index (Phi) is 6.89. The van der Waals surface area contributed by atoms with Crippen molar-refractivity contribution in [2.45, 2.75) is 63.8 Å². The smallest absolute Gasteiger partial charge is 0.416 e. The molecule has 0 aliphatic heterocycles. The standard InChI is InChI=1S/C19H26F3NO5S/c1-18(2,3)28-17(24)23-16-9-4-12(11-29(25,26)27)10-15(16)13-5-7-14(8-6-13)19(20,21)22/h5-8,12,15-16H,4,9-11H2,1-3H3,(H,23,24)(H,25,26,27). The molecule has 1 aliphatic carbocycles. The van der Waals surface area contributed by atoms with Crippen LogP contribution < -0.4 is 5.32 Å². The first-order valence-electron chi connectivity index (χ1n) is 9.26. The molecule has 0 saturated heterocycles. The molecule has 29 heavy (non-hydrogen) atoms. The summed E-state index contributed by atoms with van der Waals surface area (Å²) in [6.07, 6.45) is -3.96. The lowest BCUT2D eigenvalue weighted by atomic mass is 9.75. The van der Waals surface area contributed by atoms with E-state index >= 15 is 0 Å². The number of ether oxygens (including phenoxy) is 1. The Morgan fingerprint density at radius 3 is 2.24 bits per heavy atom. The predicted molar refractivity (Wildman–Crippen MR) is 101 cm³/mol. The molecule has 2 N–H and O–H groups in total. The van der Waals surface area contributed by atoms with E-state index in [1.165, 1.54) is 12.1 Å². The van der Waals surface area contributed by atoms with Crippen LogP contribution in [0.4, 0.5) is 18.0 Å². The molecule has 1 aromatic rings. The number of carbonyl (C=O) groups excluding carboxylic acids is 1. The van der Waals surface area contributed by atoms with Crippen LogP contribution >= 0.6 is 0 Å². The zero-order chi connectivity index (χ0) is 22.0. The van der Waals surface area contributed by atoms with Gasteiger partial charge in [0.2, 0.25) is 0 Å². The van der Waals surface area contributed by atoms with E-state index in [2.05, 4.69) is 5.32 Å². The lowest BCUT2D eigenvalue weighted by molar-refractivity contribution is -0.137. The van der Waals surface area contributed by atoms with Crippen LogP contribution in [-0.4, -0.2) is 36.5 Å². The van der Waals surface area contributed by atoms with Crippen LogP contribution in [0.5, 0.6) is 0 Å². The number of carbonyl (C=O) groups is 1. The van der Waals surface area contributed by atoms with Crippen molar-refractivity contribution in [3.8, 4) is 0 Å². The maximum Gasteiger partial charge on any atom is 0.416 e. The van der Waals surface area contributed by atoms with E-state index in [0.717, 1.165) is 12.1 Å². The summed E-state index contributed by atoms with van der Waals surface area (Å²) in [6, 6.07) is 4.18. The predicted octanol–water partition coefficient (Wildman–Crippen LogP) is 4.37. The molecule has 3 unspecified atom stereocenters. The van der Waals surface area contributed by atoms with Crippen LogP contribution in [0.15, 0.2) is 24.3 Å². The number of halogens is 3. The lowest BCUT2D eigenvalue weighted by Gasteiger charge is -2.37. The van der Waals surface area contributed by atoms with Gasteiger partial charge in [0, 0.05) is 12.0 Å². The molecule has 1 aromatic carbocycles. The highest BCUT2D eigenvalue weighted by molar-refractivity contribution is 7.85. The normalized spacial score (nSPS) is 23.5. The molecule has 2 rings (SSSR count). The highest BCUT2D eigenvalue weighted by Crippen LogP contribution is 2.38. The van der Waals surface area contributed by atoms with Crippen LogP contribution in [0.3, 0.4) is 0 Å². The minimum Gasteiger partial charge on any atom is -0.444 e. The molecule has 1 fully saturated rings. The van der Waals surface area contributed by atoms with Gasteiger partial charge in [-0.25, -0.2) is 4.79 Å². The monoisotopic (exact) mass is 437 g/mol. The number of alkyl halides is 3. The zero-order valence-electron chi connectivity index (χ0n) is 16.5. The average molecular weight is 437 g/mol. The fourth-order valence-corrected chi connectivity index (χ4v) is 4.52. The molecule has 0 bridgehead atoms. The van der Waals surface area contributed by atoms with E-state index < -0.39 is 51.3 Å². The number of alkyl carbamates (subject to hydrolysis) is 1. The minimum absolute atomic E-state index is 0.297. The maximum atomic E-state index is 12.8. The molecule has 0 radical (unpaired) electrons. The van der Waals surface area contributed by atoms with Gasteiger partial charge in [-0.1, -0.05) is 12.1 Å². The van der Waals surface area contributed by atoms with Gasteiger partial charge in [0.1, 0.15) is 5.60 Å². The number of hydrogen-bond donors (Lipinski definition) is 2. The van der Waals surface area contributed by atoms with Gasteiger partial charge in [-0.3, -0.25) is 4.55 Å². The number of benzene rings is 1. The molecule has 3 atom stereocenters. The van der Waals surface area contributed by atoms with Crippen LogP contribution in [0, 0.1) is 5.92 Å².